The number of aliphatic hydroxyl groups is 1. The van der Waals surface area contributed by atoms with Crippen LogP contribution in [0, 0.1) is 0 Å². The molecule has 0 heterocycles. The second-order valence-corrected chi connectivity index (χ2v) is 6.09. The maximum absolute atomic E-state index is 13.2. The van der Waals surface area contributed by atoms with Gasteiger partial charge in [-0.25, -0.2) is 4.39 Å². The molecule has 0 aliphatic heterocycles. The van der Waals surface area contributed by atoms with Gasteiger partial charge in [0.05, 0.1) is 17.2 Å². The Labute approximate surface area is 149 Å². The van der Waals surface area contributed by atoms with Gasteiger partial charge < -0.3 is 20.3 Å². The fourth-order valence-electron chi connectivity index (χ4n) is 2.13. The minimum Gasteiger partial charge on any atom is -0.490 e. The summed E-state index contributed by atoms with van der Waals surface area (Å²) in [5, 5.41) is 9.87. The van der Waals surface area contributed by atoms with E-state index in [1.807, 2.05) is 30.3 Å². The molecule has 0 amide bonds. The number of ether oxygens (including phenoxy) is 2. The summed E-state index contributed by atoms with van der Waals surface area (Å²) in [6, 6.07) is 14.8. The smallest absolute Gasteiger partial charge is 0.133 e. The van der Waals surface area contributed by atoms with Crippen LogP contribution in [0.1, 0.15) is 17.2 Å². The Morgan fingerprint density at radius 1 is 1.12 bits per heavy atom. The van der Waals surface area contributed by atoms with Crippen LogP contribution in [0.5, 0.6) is 5.75 Å². The summed E-state index contributed by atoms with van der Waals surface area (Å²) in [5.41, 5.74) is 7.09. The van der Waals surface area contributed by atoms with Gasteiger partial charge in [0.2, 0.25) is 0 Å². The van der Waals surface area contributed by atoms with Gasteiger partial charge in [0, 0.05) is 6.54 Å². The van der Waals surface area contributed by atoms with Crippen molar-refractivity contribution in [2.24, 2.45) is 5.73 Å². The van der Waals surface area contributed by atoms with Crippen LogP contribution >= 0.6 is 15.9 Å². The lowest BCUT2D eigenvalue weighted by atomic mass is 10.1. The number of alkyl halides is 1. The van der Waals surface area contributed by atoms with Gasteiger partial charge in [-0.15, -0.1) is 0 Å². The zero-order valence-corrected chi connectivity index (χ0v) is 14.8. The van der Waals surface area contributed by atoms with E-state index in [1.54, 1.807) is 18.2 Å². The average Bonchev–Trinajstić information content (AvgIpc) is 2.63. The van der Waals surface area contributed by atoms with Gasteiger partial charge in [-0.3, -0.25) is 0 Å². The molecule has 0 spiro atoms. The molecule has 3 N–H and O–H groups in total. The molecule has 2 rings (SSSR count). The molecule has 24 heavy (non-hydrogen) atoms. The summed E-state index contributed by atoms with van der Waals surface area (Å²) in [6.07, 6.45) is -1.45. The van der Waals surface area contributed by atoms with Crippen molar-refractivity contribution in [3.05, 3.63) is 64.1 Å². The summed E-state index contributed by atoms with van der Waals surface area (Å²) in [7, 11) is 0. The zero-order valence-electron chi connectivity index (χ0n) is 13.2. The second kappa shape index (κ2) is 9.74. The van der Waals surface area contributed by atoms with Gasteiger partial charge in [0.25, 0.3) is 0 Å². The molecular formula is C18H21BrFNO3. The molecule has 0 radical (unpaired) electrons. The van der Waals surface area contributed by atoms with E-state index in [0.717, 1.165) is 5.56 Å². The zero-order chi connectivity index (χ0) is 17.4. The predicted octanol–water partition coefficient (Wildman–Crippen LogP) is 3.37. The number of hydrogen-bond acceptors (Lipinski definition) is 4. The molecule has 2 atom stereocenters. The Kier molecular flexibility index (Phi) is 7.65. The molecule has 6 heteroatoms. The Morgan fingerprint density at radius 3 is 2.54 bits per heavy atom. The maximum Gasteiger partial charge on any atom is 0.133 e. The van der Waals surface area contributed by atoms with Crippen LogP contribution in [0.25, 0.3) is 0 Å². The third kappa shape index (κ3) is 5.27. The first kappa shape index (κ1) is 18.9. The first-order chi connectivity index (χ1) is 11.7. The van der Waals surface area contributed by atoms with Crippen LogP contribution in [0.4, 0.5) is 4.39 Å². The van der Waals surface area contributed by atoms with E-state index < -0.39 is 18.9 Å². The summed E-state index contributed by atoms with van der Waals surface area (Å²) >= 11 is 3.40. The molecule has 0 aromatic heterocycles. The first-order valence-corrected chi connectivity index (χ1v) is 8.45. The van der Waals surface area contributed by atoms with Crippen molar-refractivity contribution >= 4 is 15.9 Å². The third-order valence-electron chi connectivity index (χ3n) is 3.50. The highest BCUT2D eigenvalue weighted by atomic mass is 79.9. The molecule has 130 valence electrons. The van der Waals surface area contributed by atoms with Crippen molar-refractivity contribution < 1.29 is 19.0 Å². The largest absolute Gasteiger partial charge is 0.490 e. The monoisotopic (exact) mass is 397 g/mol. The molecule has 0 saturated heterocycles. The lowest BCUT2D eigenvalue weighted by Crippen LogP contribution is -2.24. The summed E-state index contributed by atoms with van der Waals surface area (Å²) in [4.78, 5) is 0. The van der Waals surface area contributed by atoms with E-state index in [2.05, 4.69) is 15.9 Å². The highest BCUT2D eigenvalue weighted by molar-refractivity contribution is 9.10. The molecule has 0 bridgehead atoms. The number of nitrogens with two attached hydrogens (primary N) is 1. The SMILES string of the molecule is NC[C@@H](O)c1cccc(OC[C@@H](CF)OCc2ccccc2)c1Br. The van der Waals surface area contributed by atoms with Crippen LogP contribution in [0.15, 0.2) is 53.0 Å². The van der Waals surface area contributed by atoms with Gasteiger partial charge in [-0.05, 0) is 33.1 Å². The molecule has 2 aromatic carbocycles. The van der Waals surface area contributed by atoms with E-state index >= 15 is 0 Å². The Bertz CT molecular complexity index is 627. The van der Waals surface area contributed by atoms with Crippen molar-refractivity contribution in [2.75, 3.05) is 19.8 Å². The van der Waals surface area contributed by atoms with Crippen LogP contribution in [-0.2, 0) is 11.3 Å². The summed E-state index contributed by atoms with van der Waals surface area (Å²) in [6.45, 7) is -0.138. The number of halogens is 2. The second-order valence-electron chi connectivity index (χ2n) is 5.29. The standard InChI is InChI=1S/C18H21BrFNO3/c19-18-15(16(22)10-21)7-4-8-17(18)24-12-14(9-20)23-11-13-5-2-1-3-6-13/h1-8,14,16,22H,9-12,21H2/t14-,16-/m1/s1. The molecule has 0 aliphatic carbocycles. The normalized spacial score (nSPS) is 13.5. The number of benzene rings is 2. The van der Waals surface area contributed by atoms with Crippen LogP contribution in [0.3, 0.4) is 0 Å². The quantitative estimate of drug-likeness (QED) is 0.680. The van der Waals surface area contributed by atoms with Crippen molar-refractivity contribution in [2.45, 2.75) is 18.8 Å². The molecule has 4 nitrogen and oxygen atoms in total. The van der Waals surface area contributed by atoms with E-state index in [1.165, 1.54) is 0 Å². The van der Waals surface area contributed by atoms with Gasteiger partial charge in [0.15, 0.2) is 0 Å². The number of hydrogen-bond donors (Lipinski definition) is 2. The van der Waals surface area contributed by atoms with E-state index in [-0.39, 0.29) is 13.2 Å². The molecule has 0 saturated carbocycles. The first-order valence-electron chi connectivity index (χ1n) is 7.66. The molecular weight excluding hydrogens is 377 g/mol. The van der Waals surface area contributed by atoms with Crippen LogP contribution in [-0.4, -0.2) is 31.0 Å². The lowest BCUT2D eigenvalue weighted by Gasteiger charge is -2.18. The average molecular weight is 398 g/mol. The van der Waals surface area contributed by atoms with Crippen LogP contribution < -0.4 is 10.5 Å². The predicted molar refractivity (Wildman–Crippen MR) is 94.6 cm³/mol. The Morgan fingerprint density at radius 2 is 1.88 bits per heavy atom. The van der Waals surface area contributed by atoms with E-state index in [4.69, 9.17) is 15.2 Å². The highest BCUT2D eigenvalue weighted by Gasteiger charge is 2.15. The number of aliphatic hydroxyl groups excluding tert-OH is 1. The minimum absolute atomic E-state index is 0.0735. The van der Waals surface area contributed by atoms with Crippen molar-refractivity contribution in [3.63, 3.8) is 0 Å². The summed E-state index contributed by atoms with van der Waals surface area (Å²) < 4.78 is 25.0. The van der Waals surface area contributed by atoms with Gasteiger partial charge in [-0.2, -0.15) is 0 Å². The van der Waals surface area contributed by atoms with Crippen molar-refractivity contribution in [1.29, 1.82) is 0 Å². The van der Waals surface area contributed by atoms with Crippen molar-refractivity contribution in [3.8, 4) is 5.75 Å². The van der Waals surface area contributed by atoms with Crippen LogP contribution in [0.2, 0.25) is 0 Å². The summed E-state index contributed by atoms with van der Waals surface area (Å²) in [5.74, 6) is 0.516. The molecule has 0 fully saturated rings. The highest BCUT2D eigenvalue weighted by Crippen LogP contribution is 2.32. The van der Waals surface area contributed by atoms with E-state index in [9.17, 15) is 9.50 Å². The molecule has 2 aromatic rings. The minimum atomic E-state index is -0.783. The third-order valence-corrected chi connectivity index (χ3v) is 4.35. The Balaban J connectivity index is 1.93. The van der Waals surface area contributed by atoms with Gasteiger partial charge in [-0.1, -0.05) is 42.5 Å². The molecule has 0 unspecified atom stereocenters. The molecule has 0 aliphatic rings. The fourth-order valence-corrected chi connectivity index (χ4v) is 2.77. The van der Waals surface area contributed by atoms with Gasteiger partial charge in [0.1, 0.15) is 25.1 Å². The topological polar surface area (TPSA) is 64.7 Å². The fraction of sp³-hybridized carbons (Fsp3) is 0.333. The van der Waals surface area contributed by atoms with Gasteiger partial charge >= 0.3 is 0 Å². The van der Waals surface area contributed by atoms with Crippen molar-refractivity contribution in [1.82, 2.24) is 0 Å². The maximum atomic E-state index is 13.2. The van der Waals surface area contributed by atoms with E-state index in [0.29, 0.717) is 22.4 Å². The Hall–Kier alpha value is -1.47. The number of rotatable bonds is 9. The lowest BCUT2D eigenvalue weighted by molar-refractivity contribution is -0.00457.